The van der Waals surface area contributed by atoms with Crippen LogP contribution in [0.2, 0.25) is 0 Å². The third-order valence-corrected chi connectivity index (χ3v) is 3.53. The summed E-state index contributed by atoms with van der Waals surface area (Å²) in [6.07, 6.45) is 0.313. The van der Waals surface area contributed by atoms with Crippen LogP contribution in [0.15, 0.2) is 18.2 Å². The molecule has 2 rings (SSSR count). The van der Waals surface area contributed by atoms with Gasteiger partial charge in [0.05, 0.1) is 5.92 Å². The van der Waals surface area contributed by atoms with Crippen LogP contribution in [-0.2, 0) is 9.59 Å². The van der Waals surface area contributed by atoms with E-state index in [0.717, 1.165) is 0 Å². The second kappa shape index (κ2) is 4.32. The Bertz CT molecular complexity index is 479. The molecule has 0 aromatic heterocycles. The minimum Gasteiger partial charge on any atom is -0.296 e. The molecule has 1 aliphatic rings. The van der Waals surface area contributed by atoms with E-state index in [9.17, 15) is 9.59 Å². The van der Waals surface area contributed by atoms with Gasteiger partial charge in [0.1, 0.15) is 0 Å². The lowest BCUT2D eigenvalue weighted by Gasteiger charge is -2.19. The quantitative estimate of drug-likeness (QED) is 0.792. The number of carbonyl (C=O) groups excluding carboxylic acids is 2. The van der Waals surface area contributed by atoms with Crippen molar-refractivity contribution < 1.29 is 9.59 Å². The molecule has 1 heterocycles. The van der Waals surface area contributed by atoms with Gasteiger partial charge in [0.2, 0.25) is 11.8 Å². The Balaban J connectivity index is 2.30. The molecule has 90 valence electrons. The standard InChI is InChI=1S/C14H17NO2/c1-8-4-5-9(2)11(6-8)10(3)12-7-13(16)15-14(12)17/h4-6,10,12H,7H2,1-3H3,(H,15,16,17). The highest BCUT2D eigenvalue weighted by atomic mass is 16.2. The van der Waals surface area contributed by atoms with E-state index in [2.05, 4.69) is 23.5 Å². The first-order valence-corrected chi connectivity index (χ1v) is 5.90. The van der Waals surface area contributed by atoms with Crippen LogP contribution in [0.1, 0.15) is 36.0 Å². The topological polar surface area (TPSA) is 46.2 Å². The zero-order valence-electron chi connectivity index (χ0n) is 10.4. The van der Waals surface area contributed by atoms with Crippen LogP contribution in [0.5, 0.6) is 0 Å². The van der Waals surface area contributed by atoms with Crippen molar-refractivity contribution in [3.05, 3.63) is 34.9 Å². The predicted octanol–water partition coefficient (Wildman–Crippen LogP) is 2.07. The van der Waals surface area contributed by atoms with E-state index in [1.54, 1.807) is 0 Å². The molecular formula is C14H17NO2. The summed E-state index contributed by atoms with van der Waals surface area (Å²) in [5.74, 6) is -0.426. The van der Waals surface area contributed by atoms with Gasteiger partial charge in [0, 0.05) is 6.42 Å². The number of imide groups is 1. The summed E-state index contributed by atoms with van der Waals surface area (Å²) in [7, 11) is 0. The number of carbonyl (C=O) groups is 2. The van der Waals surface area contributed by atoms with E-state index < -0.39 is 0 Å². The van der Waals surface area contributed by atoms with Crippen molar-refractivity contribution in [1.29, 1.82) is 0 Å². The number of aryl methyl sites for hydroxylation is 2. The number of amides is 2. The van der Waals surface area contributed by atoms with Gasteiger partial charge in [-0.3, -0.25) is 14.9 Å². The molecule has 0 saturated carbocycles. The maximum atomic E-state index is 11.7. The van der Waals surface area contributed by atoms with Gasteiger partial charge in [0.15, 0.2) is 0 Å². The van der Waals surface area contributed by atoms with Crippen molar-refractivity contribution in [3.8, 4) is 0 Å². The van der Waals surface area contributed by atoms with E-state index in [0.29, 0.717) is 6.42 Å². The normalized spacial score (nSPS) is 21.5. The van der Waals surface area contributed by atoms with Crippen molar-refractivity contribution in [2.75, 3.05) is 0 Å². The Labute approximate surface area is 101 Å². The van der Waals surface area contributed by atoms with Crippen molar-refractivity contribution in [1.82, 2.24) is 5.32 Å². The summed E-state index contributed by atoms with van der Waals surface area (Å²) in [5, 5.41) is 2.37. The van der Waals surface area contributed by atoms with Gasteiger partial charge in [-0.1, -0.05) is 30.7 Å². The van der Waals surface area contributed by atoms with Gasteiger partial charge < -0.3 is 0 Å². The number of rotatable bonds is 2. The van der Waals surface area contributed by atoms with Crippen molar-refractivity contribution >= 4 is 11.8 Å². The lowest BCUT2D eigenvalue weighted by atomic mass is 9.84. The van der Waals surface area contributed by atoms with E-state index in [4.69, 9.17) is 0 Å². The fourth-order valence-electron chi connectivity index (χ4n) is 2.44. The molecule has 1 saturated heterocycles. The average Bonchev–Trinajstić information content (AvgIpc) is 2.60. The van der Waals surface area contributed by atoms with Gasteiger partial charge in [-0.15, -0.1) is 0 Å². The largest absolute Gasteiger partial charge is 0.296 e. The average molecular weight is 231 g/mol. The van der Waals surface area contributed by atoms with Crippen LogP contribution in [0.4, 0.5) is 0 Å². The highest BCUT2D eigenvalue weighted by Crippen LogP contribution is 2.32. The molecule has 1 aromatic rings. The summed E-state index contributed by atoms with van der Waals surface area (Å²) < 4.78 is 0. The lowest BCUT2D eigenvalue weighted by Crippen LogP contribution is -2.24. The molecule has 1 aromatic carbocycles. The second-order valence-electron chi connectivity index (χ2n) is 4.87. The van der Waals surface area contributed by atoms with Gasteiger partial charge in [-0.05, 0) is 30.9 Å². The van der Waals surface area contributed by atoms with Crippen molar-refractivity contribution in [3.63, 3.8) is 0 Å². The minimum absolute atomic E-state index is 0.0846. The fourth-order valence-corrected chi connectivity index (χ4v) is 2.44. The molecule has 0 bridgehead atoms. The second-order valence-corrected chi connectivity index (χ2v) is 4.87. The molecule has 1 fully saturated rings. The SMILES string of the molecule is Cc1ccc(C)c(C(C)C2CC(=O)NC2=O)c1. The van der Waals surface area contributed by atoms with E-state index in [-0.39, 0.29) is 23.7 Å². The molecular weight excluding hydrogens is 214 g/mol. The Morgan fingerprint density at radius 2 is 2.00 bits per heavy atom. The highest BCUT2D eigenvalue weighted by Gasteiger charge is 2.35. The van der Waals surface area contributed by atoms with Crippen LogP contribution in [0.3, 0.4) is 0 Å². The van der Waals surface area contributed by atoms with E-state index in [1.165, 1.54) is 16.7 Å². The maximum Gasteiger partial charge on any atom is 0.230 e. The van der Waals surface area contributed by atoms with Crippen LogP contribution >= 0.6 is 0 Å². The molecule has 3 nitrogen and oxygen atoms in total. The van der Waals surface area contributed by atoms with Gasteiger partial charge in [-0.25, -0.2) is 0 Å². The Morgan fingerprint density at radius 1 is 1.29 bits per heavy atom. The number of nitrogens with one attached hydrogen (secondary N) is 1. The number of benzene rings is 1. The summed E-state index contributed by atoms with van der Waals surface area (Å²) in [5.41, 5.74) is 3.53. The molecule has 17 heavy (non-hydrogen) atoms. The summed E-state index contributed by atoms with van der Waals surface area (Å²) >= 11 is 0. The fraction of sp³-hybridized carbons (Fsp3) is 0.429. The molecule has 0 spiro atoms. The summed E-state index contributed by atoms with van der Waals surface area (Å²) in [6.45, 7) is 6.10. The van der Waals surface area contributed by atoms with Crippen LogP contribution < -0.4 is 5.32 Å². The molecule has 2 amide bonds. The summed E-state index contributed by atoms with van der Waals surface area (Å²) in [4.78, 5) is 22.9. The van der Waals surface area contributed by atoms with Gasteiger partial charge >= 0.3 is 0 Å². The first-order chi connectivity index (χ1) is 7.99. The molecule has 3 heteroatoms. The lowest BCUT2D eigenvalue weighted by molar-refractivity contribution is -0.126. The minimum atomic E-state index is -0.219. The molecule has 0 radical (unpaired) electrons. The third kappa shape index (κ3) is 2.23. The zero-order chi connectivity index (χ0) is 12.6. The van der Waals surface area contributed by atoms with Crippen molar-refractivity contribution in [2.24, 2.45) is 5.92 Å². The van der Waals surface area contributed by atoms with Crippen LogP contribution in [0, 0.1) is 19.8 Å². The Hall–Kier alpha value is -1.64. The third-order valence-electron chi connectivity index (χ3n) is 3.53. The van der Waals surface area contributed by atoms with Gasteiger partial charge in [0.25, 0.3) is 0 Å². The molecule has 2 atom stereocenters. The maximum absolute atomic E-state index is 11.7. The molecule has 1 aliphatic heterocycles. The van der Waals surface area contributed by atoms with Crippen molar-refractivity contribution in [2.45, 2.75) is 33.1 Å². The smallest absolute Gasteiger partial charge is 0.230 e. The highest BCUT2D eigenvalue weighted by molar-refractivity contribution is 6.03. The van der Waals surface area contributed by atoms with Gasteiger partial charge in [-0.2, -0.15) is 0 Å². The van der Waals surface area contributed by atoms with E-state index >= 15 is 0 Å². The van der Waals surface area contributed by atoms with Crippen LogP contribution in [0.25, 0.3) is 0 Å². The number of hydrogen-bond donors (Lipinski definition) is 1. The molecule has 2 unspecified atom stereocenters. The first kappa shape index (κ1) is 11.8. The Morgan fingerprint density at radius 3 is 2.59 bits per heavy atom. The monoisotopic (exact) mass is 231 g/mol. The van der Waals surface area contributed by atoms with Crippen LogP contribution in [-0.4, -0.2) is 11.8 Å². The zero-order valence-corrected chi connectivity index (χ0v) is 10.4. The first-order valence-electron chi connectivity index (χ1n) is 5.90. The van der Waals surface area contributed by atoms with E-state index in [1.807, 2.05) is 20.8 Å². The molecule has 0 aliphatic carbocycles. The molecule has 1 N–H and O–H groups in total. The predicted molar refractivity (Wildman–Crippen MR) is 65.6 cm³/mol. The Kier molecular flexibility index (Phi) is 3.01. The summed E-state index contributed by atoms with van der Waals surface area (Å²) in [6, 6.07) is 6.23. The number of hydrogen-bond acceptors (Lipinski definition) is 2.